The molecule has 4 aliphatic heterocycles. The van der Waals surface area contributed by atoms with Gasteiger partial charge in [0.25, 0.3) is 18.2 Å². The molecule has 9 rings (SSSR count). The third kappa shape index (κ3) is 14.8. The summed E-state index contributed by atoms with van der Waals surface area (Å²) in [5.74, 6) is -1.42. The van der Waals surface area contributed by atoms with E-state index in [1.165, 1.54) is 4.90 Å². The average Bonchev–Trinajstić information content (AvgIpc) is 3.75. The van der Waals surface area contributed by atoms with Crippen LogP contribution in [0.15, 0.2) is 59.3 Å². The second-order valence-electron chi connectivity index (χ2n) is 22.1. The number of aliphatic hydroxyl groups excluding tert-OH is 1. The number of likely N-dealkylation sites (tertiary alicyclic amines) is 1. The minimum atomic E-state index is -2.78. The summed E-state index contributed by atoms with van der Waals surface area (Å²) >= 11 is 1.55. The van der Waals surface area contributed by atoms with Crippen LogP contribution in [-0.4, -0.2) is 173 Å². The number of aliphatic hydroxyl groups is 1. The van der Waals surface area contributed by atoms with E-state index in [4.69, 9.17) is 24.0 Å². The predicted molar refractivity (Wildman–Crippen MR) is 305 cm³/mol. The minimum Gasteiger partial charge on any atom is -0.391 e. The Hall–Kier alpha value is -7.03. The molecule has 4 aliphatic rings. The number of hydrogen-bond acceptors (Lipinski definition) is 15. The highest BCUT2D eigenvalue weighted by Crippen LogP contribution is 2.44. The molecule has 5 aromatic rings. The van der Waals surface area contributed by atoms with E-state index in [0.717, 1.165) is 57.8 Å². The molecule has 0 aliphatic carbocycles. The number of halogens is 2. The number of nitrogens with one attached hydrogen (secondary N) is 3. The van der Waals surface area contributed by atoms with Crippen LogP contribution in [0.1, 0.15) is 92.6 Å². The van der Waals surface area contributed by atoms with Crippen molar-refractivity contribution in [2.24, 2.45) is 10.4 Å². The Morgan fingerprint density at radius 3 is 2.41 bits per heavy atom. The molecule has 22 nitrogen and oxygen atoms in total. The number of amides is 6. The highest BCUT2D eigenvalue weighted by molar-refractivity contribution is 7.13. The molecule has 1 unspecified atom stereocenters. The van der Waals surface area contributed by atoms with Crippen LogP contribution in [0, 0.1) is 12.3 Å². The lowest BCUT2D eigenvalue weighted by molar-refractivity contribution is -0.134. The minimum absolute atomic E-state index is 0.0334. The van der Waals surface area contributed by atoms with Crippen molar-refractivity contribution in [2.45, 2.75) is 110 Å². The number of ether oxygens (including phenoxy) is 4. The lowest BCUT2D eigenvalue weighted by Crippen LogP contribution is -2.50. The Morgan fingerprint density at radius 1 is 0.952 bits per heavy atom. The average molecular weight is 1170 g/mol. The number of carbonyl (C=O) groups is 5. The zero-order valence-corrected chi connectivity index (χ0v) is 48.5. The van der Waals surface area contributed by atoms with Gasteiger partial charge in [-0.2, -0.15) is 10.2 Å². The zero-order valence-electron chi connectivity index (χ0n) is 47.7. The quantitative estimate of drug-likeness (QED) is 0.0479. The molecule has 4 N–H and O–H groups in total. The summed E-state index contributed by atoms with van der Waals surface area (Å²) in [6.07, 6.45) is 3.32. The van der Waals surface area contributed by atoms with Gasteiger partial charge in [0.1, 0.15) is 25.0 Å². The van der Waals surface area contributed by atoms with Gasteiger partial charge < -0.3 is 54.7 Å². The number of fused-ring (bicyclic) bond motifs is 2. The molecular weight excluding hydrogens is 1090 g/mol. The van der Waals surface area contributed by atoms with Crippen LogP contribution in [0.25, 0.3) is 21.6 Å². The summed E-state index contributed by atoms with van der Waals surface area (Å²) < 4.78 is 55.9. The molecule has 25 heteroatoms. The summed E-state index contributed by atoms with van der Waals surface area (Å²) in [5.41, 5.74) is 8.08. The molecule has 6 amide bonds. The summed E-state index contributed by atoms with van der Waals surface area (Å²) in [5, 5.41) is 28.6. The molecule has 83 heavy (non-hydrogen) atoms. The van der Waals surface area contributed by atoms with Crippen LogP contribution in [-0.2, 0) is 70.6 Å². The van der Waals surface area contributed by atoms with Crippen LogP contribution in [0.4, 0.5) is 25.1 Å². The van der Waals surface area contributed by atoms with Crippen LogP contribution in [0.2, 0.25) is 0 Å². The van der Waals surface area contributed by atoms with E-state index < -0.39 is 48.3 Å². The zero-order chi connectivity index (χ0) is 58.8. The molecule has 7 heterocycles. The fraction of sp³-hybridized carbons (Fsp3) is 0.534. The third-order valence-corrected chi connectivity index (χ3v) is 16.2. The van der Waals surface area contributed by atoms with Crippen LogP contribution >= 0.6 is 11.3 Å². The maximum atomic E-state index is 15.0. The van der Waals surface area contributed by atoms with E-state index in [2.05, 4.69) is 35.7 Å². The number of thiazole rings is 1. The Morgan fingerprint density at radius 2 is 1.70 bits per heavy atom. The lowest BCUT2D eigenvalue weighted by atomic mass is 9.88. The van der Waals surface area contributed by atoms with Gasteiger partial charge in [-0.05, 0) is 67.0 Å². The molecule has 2 saturated heterocycles. The van der Waals surface area contributed by atoms with Crippen molar-refractivity contribution in [3.63, 3.8) is 0 Å². The number of hydrogen-bond donors (Lipinski definition) is 4. The van der Waals surface area contributed by atoms with E-state index in [9.17, 15) is 29.1 Å². The van der Waals surface area contributed by atoms with Crippen molar-refractivity contribution in [1.29, 1.82) is 0 Å². The highest BCUT2D eigenvalue weighted by Gasteiger charge is 2.43. The number of carbonyl (C=O) groups excluding carboxylic acids is 5. The van der Waals surface area contributed by atoms with Gasteiger partial charge >= 0.3 is 6.03 Å². The van der Waals surface area contributed by atoms with E-state index >= 15 is 8.78 Å². The third-order valence-electron chi connectivity index (χ3n) is 15.2. The molecule has 0 spiro atoms. The fourth-order valence-corrected chi connectivity index (χ4v) is 11.7. The van der Waals surface area contributed by atoms with E-state index in [-0.39, 0.29) is 94.9 Å². The van der Waals surface area contributed by atoms with Crippen molar-refractivity contribution >= 4 is 58.2 Å². The van der Waals surface area contributed by atoms with Gasteiger partial charge in [-0.15, -0.1) is 11.3 Å². The molecule has 446 valence electrons. The Labute approximate surface area is 484 Å². The maximum absolute atomic E-state index is 15.0. The number of rotatable bonds is 22. The molecule has 2 aromatic carbocycles. The lowest BCUT2D eigenvalue weighted by Gasteiger charge is -2.33. The second kappa shape index (κ2) is 27.6. The standard InChI is InChI=1S/C58H74F2N12O10S/c1-36-51(83-35-64-36)38-10-8-37(9-11-38)28-63-55(76)48-26-42(73)31-71(48)56(77)52(58(2,3)4)66-50(75)34-82-24-22-80-21-23-81-33-49(74)62-15-18-69-30-40(29-65-69)43-25-39-7-6-16-70(47(39)27-44(43)53(59)60)54-45-32-68(57(78)61-5)17-12-46(45)72(67-54)41-13-19-79-20-14-41/h8-11,25,27,29-30,35,41-42,48,53,73H,6-7,12-24,26,28,31-34H2,1-5H3,(H,61,78)(H,62,74)(H,63,76)/t42-,48?/m1/s1. The molecule has 2 fully saturated rings. The van der Waals surface area contributed by atoms with Crippen molar-refractivity contribution in [3.8, 4) is 21.6 Å². The maximum Gasteiger partial charge on any atom is 0.317 e. The van der Waals surface area contributed by atoms with Gasteiger partial charge in [-0.25, -0.2) is 23.6 Å². The van der Waals surface area contributed by atoms with E-state index in [1.54, 1.807) is 72.7 Å². The van der Waals surface area contributed by atoms with Crippen molar-refractivity contribution < 1.29 is 56.8 Å². The normalized spacial score (nSPS) is 17.7. The van der Waals surface area contributed by atoms with Crippen molar-refractivity contribution in [1.82, 2.24) is 50.3 Å². The van der Waals surface area contributed by atoms with Gasteiger partial charge in [0.15, 0.2) is 5.82 Å². The first-order valence-corrected chi connectivity index (χ1v) is 29.1. The molecule has 2 atom stereocenters. The topological polar surface area (TPSA) is 249 Å². The number of anilines is 2. The Kier molecular flexibility index (Phi) is 20.1. The monoisotopic (exact) mass is 1170 g/mol. The van der Waals surface area contributed by atoms with Gasteiger partial charge in [-0.3, -0.25) is 28.5 Å². The summed E-state index contributed by atoms with van der Waals surface area (Å²) in [6, 6.07) is 10.2. The first-order chi connectivity index (χ1) is 40.0. The first-order valence-electron chi connectivity index (χ1n) is 28.2. The molecule has 3 aromatic heterocycles. The number of urea groups is 1. The first kappa shape index (κ1) is 60.6. The SMILES string of the molecule is CNC(=O)N1CCc2c(c(N3CCCc4cc(-c5cnn(CCNC(=O)COCCOCCOCC(=O)N=C(C(=O)N6C[C@H](O)CC6C(=O)NCc6ccc(-c7scnc7C)cc6)C(C)(C)C)c5)c(C(F)F)cc43)nn2C2CCOCC2)C1. The van der Waals surface area contributed by atoms with Crippen LogP contribution < -0.4 is 20.9 Å². The summed E-state index contributed by atoms with van der Waals surface area (Å²) in [7, 11) is 1.61. The smallest absolute Gasteiger partial charge is 0.317 e. The molecule has 0 radical (unpaired) electrons. The molecular formula is C58H74F2N12O10S. The number of benzene rings is 2. The fourth-order valence-electron chi connectivity index (χ4n) is 10.9. The Balaban J connectivity index is 0.689. The van der Waals surface area contributed by atoms with Crippen molar-refractivity contribution in [3.05, 3.63) is 87.9 Å². The highest BCUT2D eigenvalue weighted by atomic mass is 32.1. The van der Waals surface area contributed by atoms with Crippen molar-refractivity contribution in [2.75, 3.05) is 91.0 Å². The second-order valence-corrected chi connectivity index (χ2v) is 23.0. The van der Waals surface area contributed by atoms with Gasteiger partial charge in [0, 0.05) is 106 Å². The number of alkyl halides is 2. The Bertz CT molecular complexity index is 3130. The van der Waals surface area contributed by atoms with E-state index in [1.807, 2.05) is 42.2 Å². The molecule has 0 saturated carbocycles. The van der Waals surface area contributed by atoms with Gasteiger partial charge in [0.2, 0.25) is 11.8 Å². The molecule has 0 bridgehead atoms. The predicted octanol–water partition coefficient (Wildman–Crippen LogP) is 5.71. The largest absolute Gasteiger partial charge is 0.391 e. The number of aliphatic imine (C=N–C) groups is 1. The van der Waals surface area contributed by atoms with E-state index in [0.29, 0.717) is 68.3 Å². The van der Waals surface area contributed by atoms with Crippen LogP contribution in [0.3, 0.4) is 0 Å². The summed E-state index contributed by atoms with van der Waals surface area (Å²) in [6.45, 7) is 10.3. The number of aryl methyl sites for hydroxylation is 2. The van der Waals surface area contributed by atoms with Gasteiger partial charge in [0.05, 0.1) is 73.9 Å². The summed E-state index contributed by atoms with van der Waals surface area (Å²) in [4.78, 5) is 80.3. The number of nitrogens with zero attached hydrogens (tertiary/aromatic N) is 9. The number of aromatic nitrogens is 5. The number of β-amino-alcohol motifs (C(OH)–C–C–N with tert-alkyl or cyclic N) is 1. The van der Waals surface area contributed by atoms with Crippen LogP contribution in [0.5, 0.6) is 0 Å². The van der Waals surface area contributed by atoms with Gasteiger partial charge in [-0.1, -0.05) is 45.0 Å².